The molecule has 0 bridgehead atoms. The molecule has 2 rings (SSSR count). The lowest BCUT2D eigenvalue weighted by Gasteiger charge is -2.06. The lowest BCUT2D eigenvalue weighted by molar-refractivity contribution is 0.0849. The highest BCUT2D eigenvalue weighted by Gasteiger charge is 2.12. The number of hydrogen-bond donors (Lipinski definition) is 2. The minimum atomic E-state index is -0.390. The number of thiophene rings is 1. The molecule has 0 saturated heterocycles. The highest BCUT2D eigenvalue weighted by atomic mass is 79.9. The van der Waals surface area contributed by atoms with E-state index in [0.717, 1.165) is 9.35 Å². The molecule has 0 fully saturated rings. The van der Waals surface area contributed by atoms with Crippen molar-refractivity contribution in [3.8, 4) is 5.75 Å². The fourth-order valence-electron chi connectivity index (χ4n) is 1.56. The van der Waals surface area contributed by atoms with Gasteiger partial charge in [-0.2, -0.15) is 0 Å². The lowest BCUT2D eigenvalue weighted by Crippen LogP contribution is -2.41. The van der Waals surface area contributed by atoms with Gasteiger partial charge < -0.3 is 4.74 Å². The summed E-state index contributed by atoms with van der Waals surface area (Å²) in [6, 6.07) is 8.31. The third-order valence-electron chi connectivity index (χ3n) is 2.72. The fraction of sp³-hybridized carbons (Fsp3) is 0.143. The number of carbonyl (C=O) groups excluding carboxylic acids is 2. The second-order valence-electron chi connectivity index (χ2n) is 4.15. The lowest BCUT2D eigenvalue weighted by atomic mass is 10.2. The van der Waals surface area contributed by atoms with Gasteiger partial charge in [0.05, 0.1) is 12.0 Å². The molecule has 0 aliphatic rings. The zero-order valence-corrected chi connectivity index (χ0v) is 13.8. The highest BCUT2D eigenvalue weighted by Crippen LogP contribution is 2.25. The van der Waals surface area contributed by atoms with E-state index in [0.29, 0.717) is 16.2 Å². The maximum absolute atomic E-state index is 11.9. The number of hydrazine groups is 1. The molecule has 0 radical (unpaired) electrons. The summed E-state index contributed by atoms with van der Waals surface area (Å²) in [5, 5.41) is 0. The molecule has 0 aliphatic carbocycles. The Morgan fingerprint density at radius 1 is 1.14 bits per heavy atom. The summed E-state index contributed by atoms with van der Waals surface area (Å²) in [5.41, 5.74) is 5.19. The van der Waals surface area contributed by atoms with Crippen LogP contribution < -0.4 is 15.6 Å². The number of amides is 2. The Hall–Kier alpha value is -1.86. The number of nitrogens with one attached hydrogen (secondary N) is 2. The summed E-state index contributed by atoms with van der Waals surface area (Å²) in [7, 11) is 1.55. The van der Waals surface area contributed by atoms with Gasteiger partial charge in [-0.1, -0.05) is 0 Å². The molecular formula is C14H13BrN2O3S. The largest absolute Gasteiger partial charge is 0.497 e. The van der Waals surface area contributed by atoms with Gasteiger partial charge >= 0.3 is 0 Å². The molecule has 2 aromatic rings. The van der Waals surface area contributed by atoms with Crippen molar-refractivity contribution in [3.05, 3.63) is 50.1 Å². The first-order valence-corrected chi connectivity index (χ1v) is 7.63. The minimum Gasteiger partial charge on any atom is -0.497 e. The standard InChI is InChI=1S/C14H13BrN2O3S/c1-8-11(15)7-12(21-8)14(19)17-16-13(18)9-3-5-10(20-2)6-4-9/h3-7H,1-2H3,(H,16,18)(H,17,19). The van der Waals surface area contributed by atoms with Crippen molar-refractivity contribution in [1.29, 1.82) is 0 Å². The summed E-state index contributed by atoms with van der Waals surface area (Å²) < 4.78 is 5.89. The van der Waals surface area contributed by atoms with Crippen LogP contribution >= 0.6 is 27.3 Å². The quantitative estimate of drug-likeness (QED) is 0.818. The second kappa shape index (κ2) is 6.73. The summed E-state index contributed by atoms with van der Waals surface area (Å²) in [6.45, 7) is 1.90. The van der Waals surface area contributed by atoms with Crippen LogP contribution in [0.1, 0.15) is 24.9 Å². The van der Waals surface area contributed by atoms with Gasteiger partial charge in [0.1, 0.15) is 5.75 Å². The molecule has 5 nitrogen and oxygen atoms in total. The van der Waals surface area contributed by atoms with Crippen molar-refractivity contribution < 1.29 is 14.3 Å². The molecule has 0 saturated carbocycles. The maximum atomic E-state index is 11.9. The van der Waals surface area contributed by atoms with Gasteiger partial charge in [0.15, 0.2) is 0 Å². The molecule has 0 aliphatic heterocycles. The second-order valence-corrected chi connectivity index (χ2v) is 6.26. The van der Waals surface area contributed by atoms with Crippen LogP contribution in [0.25, 0.3) is 0 Å². The van der Waals surface area contributed by atoms with Crippen molar-refractivity contribution >= 4 is 39.1 Å². The van der Waals surface area contributed by atoms with E-state index in [1.807, 2.05) is 6.92 Å². The molecule has 1 aromatic carbocycles. The van der Waals surface area contributed by atoms with E-state index < -0.39 is 5.91 Å². The van der Waals surface area contributed by atoms with Crippen LogP contribution in [0.5, 0.6) is 5.75 Å². The first-order valence-electron chi connectivity index (χ1n) is 6.02. The molecule has 0 spiro atoms. The number of aryl methyl sites for hydroxylation is 1. The molecule has 2 N–H and O–H groups in total. The molecular weight excluding hydrogens is 356 g/mol. The van der Waals surface area contributed by atoms with Gasteiger partial charge in [0.25, 0.3) is 11.8 Å². The van der Waals surface area contributed by atoms with Crippen LogP contribution in [0.2, 0.25) is 0 Å². The Morgan fingerprint density at radius 3 is 2.29 bits per heavy atom. The van der Waals surface area contributed by atoms with Crippen LogP contribution in [0, 0.1) is 6.92 Å². The third-order valence-corrected chi connectivity index (χ3v) is 4.86. The first-order chi connectivity index (χ1) is 10.0. The SMILES string of the molecule is COc1ccc(C(=O)NNC(=O)c2cc(Br)c(C)s2)cc1. The Kier molecular flexibility index (Phi) is 4.98. The van der Waals surface area contributed by atoms with E-state index in [1.54, 1.807) is 37.4 Å². The molecule has 0 unspecified atom stereocenters. The van der Waals surface area contributed by atoms with Gasteiger partial charge in [-0.05, 0) is 53.2 Å². The smallest absolute Gasteiger partial charge is 0.279 e. The molecule has 21 heavy (non-hydrogen) atoms. The van der Waals surface area contributed by atoms with Crippen LogP contribution in [-0.4, -0.2) is 18.9 Å². The molecule has 2 amide bonds. The van der Waals surface area contributed by atoms with E-state index in [2.05, 4.69) is 26.8 Å². The van der Waals surface area contributed by atoms with Crippen LogP contribution in [0.15, 0.2) is 34.8 Å². The van der Waals surface area contributed by atoms with Crippen LogP contribution in [0.4, 0.5) is 0 Å². The summed E-state index contributed by atoms with van der Waals surface area (Å²) in [4.78, 5) is 25.3. The zero-order chi connectivity index (χ0) is 15.4. The average Bonchev–Trinajstić information content (AvgIpc) is 2.84. The van der Waals surface area contributed by atoms with Crippen LogP contribution in [0.3, 0.4) is 0 Å². The maximum Gasteiger partial charge on any atom is 0.279 e. The van der Waals surface area contributed by atoms with Crippen molar-refractivity contribution in [2.75, 3.05) is 7.11 Å². The van der Waals surface area contributed by atoms with E-state index in [-0.39, 0.29) is 5.91 Å². The normalized spacial score (nSPS) is 10.0. The Morgan fingerprint density at radius 2 is 1.76 bits per heavy atom. The molecule has 1 heterocycles. The minimum absolute atomic E-state index is 0.351. The average molecular weight is 369 g/mol. The highest BCUT2D eigenvalue weighted by molar-refractivity contribution is 9.10. The molecule has 1 aromatic heterocycles. The monoisotopic (exact) mass is 368 g/mol. The van der Waals surface area contributed by atoms with Gasteiger partial charge in [-0.3, -0.25) is 20.4 Å². The number of methoxy groups -OCH3 is 1. The third kappa shape index (κ3) is 3.83. The van der Waals surface area contributed by atoms with Crippen LogP contribution in [-0.2, 0) is 0 Å². The van der Waals surface area contributed by atoms with Crippen molar-refractivity contribution in [2.45, 2.75) is 6.92 Å². The number of benzene rings is 1. The first kappa shape index (κ1) is 15.5. The summed E-state index contributed by atoms with van der Waals surface area (Å²) in [6.07, 6.45) is 0. The van der Waals surface area contributed by atoms with E-state index in [9.17, 15) is 9.59 Å². The molecule has 0 atom stereocenters. The number of ether oxygens (including phenoxy) is 1. The Balaban J connectivity index is 1.95. The summed E-state index contributed by atoms with van der Waals surface area (Å²) in [5.74, 6) is -0.0801. The molecule has 7 heteroatoms. The Bertz CT molecular complexity index is 648. The topological polar surface area (TPSA) is 67.4 Å². The van der Waals surface area contributed by atoms with Gasteiger partial charge in [-0.25, -0.2) is 0 Å². The van der Waals surface area contributed by atoms with Gasteiger partial charge in [-0.15, -0.1) is 11.3 Å². The van der Waals surface area contributed by atoms with Crippen molar-refractivity contribution in [3.63, 3.8) is 0 Å². The summed E-state index contributed by atoms with van der Waals surface area (Å²) >= 11 is 4.69. The predicted molar refractivity (Wildman–Crippen MR) is 84.7 cm³/mol. The van der Waals surface area contributed by atoms with Crippen molar-refractivity contribution in [1.82, 2.24) is 10.9 Å². The van der Waals surface area contributed by atoms with Gasteiger partial charge in [0, 0.05) is 14.9 Å². The zero-order valence-electron chi connectivity index (χ0n) is 11.4. The van der Waals surface area contributed by atoms with E-state index >= 15 is 0 Å². The predicted octanol–water partition coefficient (Wildman–Crippen LogP) is 2.90. The number of halogens is 1. The van der Waals surface area contributed by atoms with E-state index in [4.69, 9.17) is 4.74 Å². The number of rotatable bonds is 3. The number of carbonyl (C=O) groups is 2. The Labute approximate surface area is 134 Å². The van der Waals surface area contributed by atoms with E-state index in [1.165, 1.54) is 11.3 Å². The number of hydrogen-bond acceptors (Lipinski definition) is 4. The van der Waals surface area contributed by atoms with Gasteiger partial charge in [0.2, 0.25) is 0 Å². The fourth-order valence-corrected chi connectivity index (χ4v) is 2.99. The van der Waals surface area contributed by atoms with Crippen molar-refractivity contribution in [2.24, 2.45) is 0 Å². The molecule has 110 valence electrons.